The third-order valence-corrected chi connectivity index (χ3v) is 4.99. The number of nitrogens with zero attached hydrogens (tertiary/aromatic N) is 5. The summed E-state index contributed by atoms with van der Waals surface area (Å²) in [4.78, 5) is 31.5. The number of halogens is 1. The van der Waals surface area contributed by atoms with Crippen LogP contribution < -0.4 is 16.1 Å². The molecule has 3 aromatic rings. The predicted molar refractivity (Wildman–Crippen MR) is 96.9 cm³/mol. The zero-order valence-electron chi connectivity index (χ0n) is 14.8. The van der Waals surface area contributed by atoms with E-state index in [4.69, 9.17) is 0 Å². The molecule has 2 aromatic heterocycles. The first-order valence-electron chi connectivity index (χ1n) is 8.63. The van der Waals surface area contributed by atoms with Gasteiger partial charge in [0.1, 0.15) is 5.82 Å². The summed E-state index contributed by atoms with van der Waals surface area (Å²) in [5.41, 5.74) is 0.611. The van der Waals surface area contributed by atoms with E-state index in [-0.39, 0.29) is 11.4 Å². The predicted octanol–water partition coefficient (Wildman–Crippen LogP) is 1.37. The molecule has 0 unspecified atom stereocenters. The Morgan fingerprint density at radius 1 is 1.08 bits per heavy atom. The third kappa shape index (κ3) is 2.44. The highest BCUT2D eigenvalue weighted by atomic mass is 19.1. The summed E-state index contributed by atoms with van der Waals surface area (Å²) in [5.74, 6) is 0.349. The van der Waals surface area contributed by atoms with E-state index in [1.165, 1.54) is 17.7 Å². The zero-order chi connectivity index (χ0) is 18.4. The van der Waals surface area contributed by atoms with Crippen molar-refractivity contribution in [3.63, 3.8) is 0 Å². The molecule has 0 saturated carbocycles. The van der Waals surface area contributed by atoms with E-state index in [0.717, 1.165) is 17.4 Å². The molecule has 0 radical (unpaired) electrons. The maximum absolute atomic E-state index is 14.1. The maximum Gasteiger partial charge on any atom is 0.332 e. The summed E-state index contributed by atoms with van der Waals surface area (Å²) >= 11 is 0. The van der Waals surface area contributed by atoms with E-state index in [1.54, 1.807) is 25.2 Å². The summed E-state index contributed by atoms with van der Waals surface area (Å²) < 4.78 is 18.5. The largest absolute Gasteiger partial charge is 0.338 e. The van der Waals surface area contributed by atoms with Crippen LogP contribution >= 0.6 is 0 Å². The quantitative estimate of drug-likeness (QED) is 0.695. The molecule has 26 heavy (non-hydrogen) atoms. The zero-order valence-corrected chi connectivity index (χ0v) is 14.8. The molecule has 0 bridgehead atoms. The van der Waals surface area contributed by atoms with E-state index < -0.39 is 5.69 Å². The smallest absolute Gasteiger partial charge is 0.332 e. The lowest BCUT2D eigenvalue weighted by molar-refractivity contribution is 0.601. The number of aryl methyl sites for hydroxylation is 2. The molecule has 3 heterocycles. The fraction of sp³-hybridized carbons (Fsp3) is 0.389. The van der Waals surface area contributed by atoms with Gasteiger partial charge in [0.15, 0.2) is 11.2 Å². The van der Waals surface area contributed by atoms with Crippen molar-refractivity contribution in [2.75, 3.05) is 11.4 Å². The molecule has 8 heteroatoms. The Kier molecular flexibility index (Phi) is 3.90. The van der Waals surface area contributed by atoms with Gasteiger partial charge in [-0.25, -0.2) is 9.18 Å². The molecular formula is C18H20FN5O2. The van der Waals surface area contributed by atoms with Gasteiger partial charge in [-0.1, -0.05) is 18.2 Å². The summed E-state index contributed by atoms with van der Waals surface area (Å²) in [7, 11) is 3.08. The SMILES string of the molecule is Cn1c(=O)c2c(nc3n2CCCCN3Cc2ccccc2F)n(C)c1=O. The van der Waals surface area contributed by atoms with Crippen LogP contribution in [-0.2, 0) is 27.2 Å². The highest BCUT2D eigenvalue weighted by Gasteiger charge is 2.24. The number of fused-ring (bicyclic) bond motifs is 3. The fourth-order valence-electron chi connectivity index (χ4n) is 3.54. The first kappa shape index (κ1) is 16.6. The molecule has 7 nitrogen and oxygen atoms in total. The summed E-state index contributed by atoms with van der Waals surface area (Å²) in [6.45, 7) is 1.73. The van der Waals surface area contributed by atoms with Crippen molar-refractivity contribution in [1.82, 2.24) is 18.7 Å². The van der Waals surface area contributed by atoms with Gasteiger partial charge in [0.25, 0.3) is 5.56 Å². The average Bonchev–Trinajstić information content (AvgIpc) is 2.91. The maximum atomic E-state index is 14.1. The van der Waals surface area contributed by atoms with E-state index >= 15 is 0 Å². The molecule has 1 aromatic carbocycles. The highest BCUT2D eigenvalue weighted by Crippen LogP contribution is 2.25. The van der Waals surface area contributed by atoms with Crippen LogP contribution in [0.3, 0.4) is 0 Å². The van der Waals surface area contributed by atoms with Crippen LogP contribution in [0.5, 0.6) is 0 Å². The van der Waals surface area contributed by atoms with Gasteiger partial charge in [-0.15, -0.1) is 0 Å². The van der Waals surface area contributed by atoms with Gasteiger partial charge in [-0.05, 0) is 18.9 Å². The Bertz CT molecular complexity index is 1110. The Balaban J connectivity index is 1.91. The molecule has 0 atom stereocenters. The minimum atomic E-state index is -0.406. The van der Waals surface area contributed by atoms with Gasteiger partial charge >= 0.3 is 5.69 Å². The Morgan fingerprint density at radius 2 is 1.81 bits per heavy atom. The molecular weight excluding hydrogens is 337 g/mol. The summed E-state index contributed by atoms with van der Waals surface area (Å²) in [5, 5.41) is 0. The van der Waals surface area contributed by atoms with E-state index in [9.17, 15) is 14.0 Å². The molecule has 136 valence electrons. The van der Waals surface area contributed by atoms with Gasteiger partial charge in [0.05, 0.1) is 0 Å². The van der Waals surface area contributed by atoms with Crippen molar-refractivity contribution < 1.29 is 4.39 Å². The number of hydrogen-bond donors (Lipinski definition) is 0. The van der Waals surface area contributed by atoms with Gasteiger partial charge in [0.2, 0.25) is 5.95 Å². The molecule has 0 spiro atoms. The van der Waals surface area contributed by atoms with Crippen LogP contribution in [0.25, 0.3) is 11.2 Å². The van der Waals surface area contributed by atoms with Crippen LogP contribution in [0.4, 0.5) is 10.3 Å². The van der Waals surface area contributed by atoms with Crippen LogP contribution in [0.2, 0.25) is 0 Å². The monoisotopic (exact) mass is 357 g/mol. The lowest BCUT2D eigenvalue weighted by Gasteiger charge is -2.22. The van der Waals surface area contributed by atoms with E-state index in [1.807, 2.05) is 9.47 Å². The van der Waals surface area contributed by atoms with Crippen molar-refractivity contribution in [1.29, 1.82) is 0 Å². The normalized spacial score (nSPS) is 14.5. The van der Waals surface area contributed by atoms with Crippen LogP contribution in [0, 0.1) is 5.82 Å². The van der Waals surface area contributed by atoms with Gasteiger partial charge in [-0.3, -0.25) is 13.9 Å². The Hall–Kier alpha value is -2.90. The van der Waals surface area contributed by atoms with Gasteiger partial charge in [0, 0.05) is 39.3 Å². The molecule has 0 amide bonds. The average molecular weight is 357 g/mol. The second-order valence-electron chi connectivity index (χ2n) is 6.66. The molecule has 0 saturated heterocycles. The summed E-state index contributed by atoms with van der Waals surface area (Å²) in [6.07, 6.45) is 1.81. The molecule has 1 aliphatic rings. The standard InChI is InChI=1S/C18H20FN5O2/c1-21-15-14(16(25)22(2)18(21)26)24-10-6-5-9-23(17(24)20-15)11-12-7-3-4-8-13(12)19/h3-4,7-8H,5-6,9-11H2,1-2H3. The van der Waals surface area contributed by atoms with E-state index in [2.05, 4.69) is 4.98 Å². The number of hydrogen-bond acceptors (Lipinski definition) is 4. The van der Waals surface area contributed by atoms with Gasteiger partial charge in [-0.2, -0.15) is 4.98 Å². The topological polar surface area (TPSA) is 65.1 Å². The first-order valence-corrected chi connectivity index (χ1v) is 8.63. The van der Waals surface area contributed by atoms with Crippen LogP contribution in [0.15, 0.2) is 33.9 Å². The second kappa shape index (κ2) is 6.12. The number of aromatic nitrogens is 4. The molecule has 0 N–H and O–H groups in total. The number of rotatable bonds is 2. The third-order valence-electron chi connectivity index (χ3n) is 4.99. The number of imidazole rings is 1. The van der Waals surface area contributed by atoms with E-state index in [0.29, 0.717) is 42.3 Å². The Labute approximate surface area is 148 Å². The first-order chi connectivity index (χ1) is 12.5. The van der Waals surface area contributed by atoms with Crippen molar-refractivity contribution in [3.8, 4) is 0 Å². The molecule has 1 aliphatic heterocycles. The molecule has 4 rings (SSSR count). The molecule has 0 aliphatic carbocycles. The summed E-state index contributed by atoms with van der Waals surface area (Å²) in [6, 6.07) is 6.66. The van der Waals surface area contributed by atoms with Crippen molar-refractivity contribution >= 4 is 17.1 Å². The number of anilines is 1. The van der Waals surface area contributed by atoms with Crippen molar-refractivity contribution in [3.05, 3.63) is 56.5 Å². The fourth-order valence-corrected chi connectivity index (χ4v) is 3.54. The van der Waals surface area contributed by atoms with Crippen LogP contribution in [0.1, 0.15) is 18.4 Å². The minimum Gasteiger partial charge on any atom is -0.338 e. The van der Waals surface area contributed by atoms with Crippen LogP contribution in [-0.4, -0.2) is 25.2 Å². The minimum absolute atomic E-state index is 0.261. The second-order valence-corrected chi connectivity index (χ2v) is 6.66. The number of benzene rings is 1. The van der Waals surface area contributed by atoms with Crippen molar-refractivity contribution in [2.24, 2.45) is 14.1 Å². The highest BCUT2D eigenvalue weighted by molar-refractivity contribution is 5.74. The molecule has 0 fully saturated rings. The van der Waals surface area contributed by atoms with Crippen molar-refractivity contribution in [2.45, 2.75) is 25.9 Å². The van der Waals surface area contributed by atoms with Gasteiger partial charge < -0.3 is 9.47 Å². The lowest BCUT2D eigenvalue weighted by atomic mass is 10.2. The lowest BCUT2D eigenvalue weighted by Crippen LogP contribution is -2.37. The Morgan fingerprint density at radius 3 is 2.58 bits per heavy atom.